The number of ether oxygens (including phenoxy) is 1. The van der Waals surface area contributed by atoms with Gasteiger partial charge in [-0.1, -0.05) is 12.1 Å². The van der Waals surface area contributed by atoms with Gasteiger partial charge in [0.2, 0.25) is 5.95 Å². The first-order valence-corrected chi connectivity index (χ1v) is 14.0. The fraction of sp³-hybridized carbons (Fsp3) is 0.241. The van der Waals surface area contributed by atoms with Crippen LogP contribution in [-0.4, -0.2) is 63.6 Å². The second kappa shape index (κ2) is 11.2. The van der Waals surface area contributed by atoms with Gasteiger partial charge in [0.25, 0.3) is 0 Å². The molecule has 3 N–H and O–H groups in total. The zero-order chi connectivity index (χ0) is 27.5. The number of piperidine rings is 1. The largest absolute Gasteiger partial charge is 0.497 e. The summed E-state index contributed by atoms with van der Waals surface area (Å²) in [5.41, 5.74) is 5.27. The molecule has 0 saturated carbocycles. The van der Waals surface area contributed by atoms with E-state index in [1.54, 1.807) is 24.6 Å². The van der Waals surface area contributed by atoms with Crippen molar-refractivity contribution in [1.29, 1.82) is 0 Å². The van der Waals surface area contributed by atoms with Gasteiger partial charge in [0.05, 0.1) is 18.5 Å². The number of nitrogens with one attached hydrogen (secondary N) is 3. The quantitative estimate of drug-likeness (QED) is 0.238. The van der Waals surface area contributed by atoms with Gasteiger partial charge in [-0.3, -0.25) is 4.40 Å². The minimum Gasteiger partial charge on any atom is -0.497 e. The maximum atomic E-state index is 12.8. The molecule has 0 aliphatic carbocycles. The molecule has 0 spiro atoms. The minimum absolute atomic E-state index is 0.0838. The van der Waals surface area contributed by atoms with Gasteiger partial charge in [-0.15, -0.1) is 11.3 Å². The molecule has 0 atom stereocenters. The van der Waals surface area contributed by atoms with E-state index in [1.165, 1.54) is 0 Å². The third-order valence-electron chi connectivity index (χ3n) is 7.04. The van der Waals surface area contributed by atoms with Crippen LogP contribution in [0.1, 0.15) is 12.8 Å². The number of benzene rings is 2. The molecule has 3 aromatic heterocycles. The number of urea groups is 1. The van der Waals surface area contributed by atoms with Crippen molar-refractivity contribution in [1.82, 2.24) is 24.3 Å². The van der Waals surface area contributed by atoms with E-state index >= 15 is 0 Å². The summed E-state index contributed by atoms with van der Waals surface area (Å²) < 4.78 is 7.51. The highest BCUT2D eigenvalue weighted by Gasteiger charge is 2.24. The molecule has 1 aliphatic heterocycles. The SMILES string of the molecule is CNc1ccc(NC(=O)N2CCC(Nc3nccc(-c4c(-c5cccc(OC)c5)nc5sccn45)n3)CC2)cc1. The highest BCUT2D eigenvalue weighted by Crippen LogP contribution is 2.35. The normalized spacial score (nSPS) is 13.8. The molecule has 0 radical (unpaired) electrons. The maximum absolute atomic E-state index is 12.8. The summed E-state index contributed by atoms with van der Waals surface area (Å²) in [5.74, 6) is 1.34. The van der Waals surface area contributed by atoms with Crippen LogP contribution in [0.4, 0.5) is 22.1 Å². The van der Waals surface area contributed by atoms with Crippen LogP contribution in [0.3, 0.4) is 0 Å². The highest BCUT2D eigenvalue weighted by molar-refractivity contribution is 7.15. The number of thiazole rings is 1. The van der Waals surface area contributed by atoms with Gasteiger partial charge in [-0.05, 0) is 55.3 Å². The number of imidazole rings is 1. The average Bonchev–Trinajstić information content (AvgIpc) is 3.60. The summed E-state index contributed by atoms with van der Waals surface area (Å²) in [5, 5.41) is 11.6. The van der Waals surface area contributed by atoms with Crippen molar-refractivity contribution in [2.24, 2.45) is 0 Å². The smallest absolute Gasteiger partial charge is 0.321 e. The third kappa shape index (κ3) is 5.28. The number of carbonyl (C=O) groups is 1. The number of nitrogens with zero attached hydrogens (tertiary/aromatic N) is 5. The van der Waals surface area contributed by atoms with Crippen molar-refractivity contribution in [3.63, 3.8) is 0 Å². The average molecular weight is 555 g/mol. The molecule has 6 rings (SSSR count). The van der Waals surface area contributed by atoms with E-state index in [0.717, 1.165) is 57.6 Å². The number of carbonyl (C=O) groups excluding carboxylic acids is 1. The molecule has 1 saturated heterocycles. The van der Waals surface area contributed by atoms with E-state index in [0.29, 0.717) is 19.0 Å². The molecule has 10 nitrogen and oxygen atoms in total. The van der Waals surface area contributed by atoms with Gasteiger partial charge in [0, 0.05) is 60.9 Å². The second-order valence-corrected chi connectivity index (χ2v) is 10.4. The zero-order valence-corrected chi connectivity index (χ0v) is 23.1. The molecule has 4 heterocycles. The van der Waals surface area contributed by atoms with Crippen molar-refractivity contribution in [3.8, 4) is 28.4 Å². The predicted molar refractivity (Wildman–Crippen MR) is 159 cm³/mol. The van der Waals surface area contributed by atoms with Crippen LogP contribution in [0.15, 0.2) is 72.4 Å². The van der Waals surface area contributed by atoms with Crippen LogP contribution in [0.2, 0.25) is 0 Å². The van der Waals surface area contributed by atoms with Crippen LogP contribution in [-0.2, 0) is 0 Å². The predicted octanol–water partition coefficient (Wildman–Crippen LogP) is 5.68. The number of amides is 2. The van der Waals surface area contributed by atoms with Crippen LogP contribution < -0.4 is 20.7 Å². The van der Waals surface area contributed by atoms with Crippen LogP contribution in [0, 0.1) is 0 Å². The topological polar surface area (TPSA) is 109 Å². The minimum atomic E-state index is -0.0838. The molecule has 11 heteroatoms. The number of rotatable bonds is 7. The van der Waals surface area contributed by atoms with Crippen molar-refractivity contribution in [2.45, 2.75) is 18.9 Å². The van der Waals surface area contributed by atoms with Gasteiger partial charge in [-0.2, -0.15) is 0 Å². The van der Waals surface area contributed by atoms with E-state index in [2.05, 4.69) is 25.3 Å². The lowest BCUT2D eigenvalue weighted by atomic mass is 10.1. The number of anilines is 3. The van der Waals surface area contributed by atoms with Gasteiger partial charge in [0.15, 0.2) is 4.96 Å². The second-order valence-electron chi connectivity index (χ2n) is 9.53. The van der Waals surface area contributed by atoms with Gasteiger partial charge < -0.3 is 25.6 Å². The molecule has 5 aromatic rings. The van der Waals surface area contributed by atoms with Crippen LogP contribution >= 0.6 is 11.3 Å². The first-order chi connectivity index (χ1) is 19.6. The lowest BCUT2D eigenvalue weighted by Crippen LogP contribution is -2.44. The maximum Gasteiger partial charge on any atom is 0.321 e. The fourth-order valence-corrected chi connectivity index (χ4v) is 5.61. The van der Waals surface area contributed by atoms with Crippen molar-refractivity contribution < 1.29 is 9.53 Å². The Morgan fingerprint density at radius 2 is 1.85 bits per heavy atom. The third-order valence-corrected chi connectivity index (χ3v) is 7.80. The molecule has 2 aromatic carbocycles. The Morgan fingerprint density at radius 3 is 2.62 bits per heavy atom. The Balaban J connectivity index is 1.15. The molecule has 1 fully saturated rings. The first kappa shape index (κ1) is 25.6. The van der Waals surface area contributed by atoms with E-state index in [4.69, 9.17) is 14.7 Å². The Morgan fingerprint density at radius 1 is 1.05 bits per heavy atom. The molecular weight excluding hydrogens is 524 g/mol. The molecule has 0 unspecified atom stereocenters. The highest BCUT2D eigenvalue weighted by atomic mass is 32.1. The standard InChI is InChI=1S/C29H30N8O2S/c1-30-20-6-8-21(9-7-20)33-28(38)36-14-11-22(12-15-36)32-27-31-13-10-24(34-27)26-25(35-29-37(26)16-17-40-29)19-4-3-5-23(18-19)39-2/h3-10,13,16-18,22,30H,11-12,14-15H2,1-2H3,(H,33,38)(H,31,32,34). The number of aromatic nitrogens is 4. The van der Waals surface area contributed by atoms with E-state index in [9.17, 15) is 4.79 Å². The number of hydrogen-bond donors (Lipinski definition) is 3. The number of methoxy groups -OCH3 is 1. The summed E-state index contributed by atoms with van der Waals surface area (Å²) >= 11 is 1.58. The van der Waals surface area contributed by atoms with Gasteiger partial charge in [0.1, 0.15) is 11.4 Å². The monoisotopic (exact) mass is 554 g/mol. The lowest BCUT2D eigenvalue weighted by Gasteiger charge is -2.32. The molecule has 0 bridgehead atoms. The Hall–Kier alpha value is -4.64. The molecule has 2 amide bonds. The summed E-state index contributed by atoms with van der Waals surface area (Å²) in [6.07, 6.45) is 5.39. The lowest BCUT2D eigenvalue weighted by molar-refractivity contribution is 0.197. The molecule has 40 heavy (non-hydrogen) atoms. The summed E-state index contributed by atoms with van der Waals surface area (Å²) in [6, 6.07) is 17.6. The summed E-state index contributed by atoms with van der Waals surface area (Å²) in [4.78, 5) is 29.8. The molecule has 204 valence electrons. The number of fused-ring (bicyclic) bond motifs is 1. The van der Waals surface area contributed by atoms with E-state index in [1.807, 2.05) is 78.1 Å². The Labute approximate surface area is 236 Å². The number of hydrogen-bond acceptors (Lipinski definition) is 8. The van der Waals surface area contributed by atoms with Crippen molar-refractivity contribution in [2.75, 3.05) is 43.2 Å². The van der Waals surface area contributed by atoms with Crippen LogP contribution in [0.5, 0.6) is 5.75 Å². The van der Waals surface area contributed by atoms with Crippen molar-refractivity contribution in [3.05, 3.63) is 72.4 Å². The summed E-state index contributed by atoms with van der Waals surface area (Å²) in [7, 11) is 3.53. The Kier molecular flexibility index (Phi) is 7.19. The number of likely N-dealkylation sites (tertiary alicyclic amines) is 1. The zero-order valence-electron chi connectivity index (χ0n) is 22.3. The fourth-order valence-electron chi connectivity index (χ4n) is 4.89. The molecule has 1 aliphatic rings. The Bertz CT molecular complexity index is 1620. The first-order valence-electron chi connectivity index (χ1n) is 13.1. The van der Waals surface area contributed by atoms with E-state index in [-0.39, 0.29) is 12.1 Å². The van der Waals surface area contributed by atoms with Gasteiger partial charge in [-0.25, -0.2) is 19.7 Å². The molecular formula is C29H30N8O2S. The summed E-state index contributed by atoms with van der Waals surface area (Å²) in [6.45, 7) is 1.30. The van der Waals surface area contributed by atoms with Crippen molar-refractivity contribution >= 4 is 39.7 Å². The van der Waals surface area contributed by atoms with Crippen LogP contribution in [0.25, 0.3) is 27.6 Å². The van der Waals surface area contributed by atoms with E-state index < -0.39 is 0 Å². The van der Waals surface area contributed by atoms with Gasteiger partial charge >= 0.3 is 6.03 Å².